The third kappa shape index (κ3) is 5.39. The fraction of sp³-hybridized carbons (Fsp3) is 0.435. The van der Waals surface area contributed by atoms with Gasteiger partial charge in [0.25, 0.3) is 0 Å². The van der Waals surface area contributed by atoms with E-state index in [9.17, 15) is 4.79 Å². The molecular weight excluding hydrogens is 423 g/mol. The molecule has 5 nitrogen and oxygen atoms in total. The number of carbonyl (C=O) groups excluding carboxylic acids is 1. The van der Waals surface area contributed by atoms with Crippen molar-refractivity contribution in [3.8, 4) is 11.5 Å². The Morgan fingerprint density at radius 3 is 2.37 bits per heavy atom. The van der Waals surface area contributed by atoms with Gasteiger partial charge < -0.3 is 19.3 Å². The molecule has 0 aliphatic carbocycles. The third-order valence-electron chi connectivity index (χ3n) is 5.62. The molecule has 2 aromatic rings. The van der Waals surface area contributed by atoms with Crippen LogP contribution in [-0.2, 0) is 11.2 Å². The molecule has 1 heterocycles. The number of nitrogens with zero attached hydrogens (tertiary/aromatic N) is 2. The Kier molecular flexibility index (Phi) is 7.87. The molecule has 7 heteroatoms. The predicted octanol–water partition coefficient (Wildman–Crippen LogP) is 4.85. The van der Waals surface area contributed by atoms with Crippen LogP contribution < -0.4 is 9.47 Å². The molecule has 1 aliphatic heterocycles. The van der Waals surface area contributed by atoms with Crippen molar-refractivity contribution in [2.75, 3.05) is 40.9 Å². The second kappa shape index (κ2) is 10.4. The van der Waals surface area contributed by atoms with Gasteiger partial charge in [-0.15, -0.1) is 0 Å². The summed E-state index contributed by atoms with van der Waals surface area (Å²) in [6.45, 7) is 2.89. The topological polar surface area (TPSA) is 42.0 Å². The standard InChI is InChI=1S/C23H28Cl2N2O3/c1-26(23(28)13-16-6-8-18(24)19(25)12-16)20(15-27-10-4-5-11-27)17-7-9-21(29-2)22(14-17)30-3/h6-9,12,14,20H,4-5,10-11,13,15H2,1-3H3/t20-/m1/s1. The van der Waals surface area contributed by atoms with E-state index < -0.39 is 0 Å². The van der Waals surface area contributed by atoms with Gasteiger partial charge in [0.1, 0.15) is 0 Å². The molecule has 1 saturated heterocycles. The van der Waals surface area contributed by atoms with Crippen LogP contribution in [0, 0.1) is 0 Å². The van der Waals surface area contributed by atoms with Crippen LogP contribution in [0.15, 0.2) is 36.4 Å². The molecule has 3 rings (SSSR count). The number of benzene rings is 2. The second-order valence-corrected chi connectivity index (χ2v) is 8.38. The molecule has 1 aliphatic rings. The van der Waals surface area contributed by atoms with E-state index in [-0.39, 0.29) is 18.4 Å². The molecule has 0 unspecified atom stereocenters. The average Bonchev–Trinajstić information content (AvgIpc) is 3.27. The van der Waals surface area contributed by atoms with Crippen LogP contribution >= 0.6 is 23.2 Å². The SMILES string of the molecule is COc1ccc([C@@H](CN2CCCC2)N(C)C(=O)Cc2ccc(Cl)c(Cl)c2)cc1OC. The number of ether oxygens (including phenoxy) is 2. The lowest BCUT2D eigenvalue weighted by molar-refractivity contribution is -0.131. The largest absolute Gasteiger partial charge is 0.493 e. The first-order valence-electron chi connectivity index (χ1n) is 10.1. The zero-order valence-corrected chi connectivity index (χ0v) is 19.2. The number of carbonyl (C=O) groups is 1. The zero-order chi connectivity index (χ0) is 21.7. The van der Waals surface area contributed by atoms with Crippen molar-refractivity contribution in [1.29, 1.82) is 0 Å². The minimum atomic E-state index is -0.0989. The molecule has 1 amide bonds. The average molecular weight is 451 g/mol. The summed E-state index contributed by atoms with van der Waals surface area (Å²) in [4.78, 5) is 17.4. The highest BCUT2D eigenvalue weighted by atomic mass is 35.5. The van der Waals surface area contributed by atoms with Crippen LogP contribution in [0.4, 0.5) is 0 Å². The van der Waals surface area contributed by atoms with Gasteiger partial charge in [-0.1, -0.05) is 35.3 Å². The molecule has 162 valence electrons. The molecule has 0 bridgehead atoms. The molecule has 0 saturated carbocycles. The van der Waals surface area contributed by atoms with Gasteiger partial charge in [-0.25, -0.2) is 0 Å². The summed E-state index contributed by atoms with van der Waals surface area (Å²) in [7, 11) is 5.10. The molecule has 0 N–H and O–H groups in total. The maximum absolute atomic E-state index is 13.2. The lowest BCUT2D eigenvalue weighted by Crippen LogP contribution is -2.39. The maximum Gasteiger partial charge on any atom is 0.227 e. The van der Waals surface area contributed by atoms with E-state index in [0.717, 1.165) is 30.8 Å². The monoisotopic (exact) mass is 450 g/mol. The Hall–Kier alpha value is -1.95. The van der Waals surface area contributed by atoms with E-state index >= 15 is 0 Å². The van der Waals surface area contributed by atoms with Gasteiger partial charge in [0.15, 0.2) is 11.5 Å². The van der Waals surface area contributed by atoms with Gasteiger partial charge in [-0.05, 0) is 61.3 Å². The van der Waals surface area contributed by atoms with Gasteiger partial charge in [0.2, 0.25) is 5.91 Å². The predicted molar refractivity (Wildman–Crippen MR) is 121 cm³/mol. The summed E-state index contributed by atoms with van der Waals surface area (Å²) in [6, 6.07) is 11.1. The summed E-state index contributed by atoms with van der Waals surface area (Å²) < 4.78 is 10.9. The van der Waals surface area contributed by atoms with Crippen molar-refractivity contribution < 1.29 is 14.3 Å². The molecule has 2 aromatic carbocycles. The minimum Gasteiger partial charge on any atom is -0.493 e. The van der Waals surface area contributed by atoms with E-state index in [0.29, 0.717) is 21.5 Å². The summed E-state index contributed by atoms with van der Waals surface area (Å²) in [5.74, 6) is 1.35. The molecule has 1 atom stereocenters. The number of hydrogen-bond donors (Lipinski definition) is 0. The number of likely N-dealkylation sites (N-methyl/N-ethyl adjacent to an activating group) is 1. The van der Waals surface area contributed by atoms with Crippen molar-refractivity contribution in [3.63, 3.8) is 0 Å². The number of likely N-dealkylation sites (tertiary alicyclic amines) is 1. The van der Waals surface area contributed by atoms with E-state index in [1.165, 1.54) is 12.8 Å². The number of hydrogen-bond acceptors (Lipinski definition) is 4. The quantitative estimate of drug-likeness (QED) is 0.576. The lowest BCUT2D eigenvalue weighted by atomic mass is 10.0. The third-order valence-corrected chi connectivity index (χ3v) is 6.36. The Balaban J connectivity index is 1.84. The molecular formula is C23H28Cl2N2O3. The highest BCUT2D eigenvalue weighted by Gasteiger charge is 2.26. The van der Waals surface area contributed by atoms with Crippen molar-refractivity contribution >= 4 is 29.1 Å². The Labute approximate surface area is 188 Å². The highest BCUT2D eigenvalue weighted by molar-refractivity contribution is 6.42. The summed E-state index contributed by atoms with van der Waals surface area (Å²) in [5.41, 5.74) is 1.86. The fourth-order valence-electron chi connectivity index (χ4n) is 3.84. The van der Waals surface area contributed by atoms with Crippen LogP contribution in [0.3, 0.4) is 0 Å². The van der Waals surface area contributed by atoms with Gasteiger partial charge in [0, 0.05) is 13.6 Å². The summed E-state index contributed by atoms with van der Waals surface area (Å²) >= 11 is 12.1. The molecule has 0 radical (unpaired) electrons. The molecule has 30 heavy (non-hydrogen) atoms. The number of halogens is 2. The van der Waals surface area contributed by atoms with Crippen LogP contribution in [0.1, 0.15) is 30.0 Å². The molecule has 0 aromatic heterocycles. The smallest absolute Gasteiger partial charge is 0.227 e. The molecule has 1 fully saturated rings. The first kappa shape index (κ1) is 22.7. The fourth-order valence-corrected chi connectivity index (χ4v) is 4.16. The van der Waals surface area contributed by atoms with E-state index in [1.807, 2.05) is 36.2 Å². The van der Waals surface area contributed by atoms with Crippen molar-refractivity contribution in [3.05, 3.63) is 57.6 Å². The summed E-state index contributed by atoms with van der Waals surface area (Å²) in [5, 5.41) is 0.941. The van der Waals surface area contributed by atoms with Gasteiger partial charge in [-0.3, -0.25) is 4.79 Å². The van der Waals surface area contributed by atoms with Crippen molar-refractivity contribution in [1.82, 2.24) is 9.80 Å². The van der Waals surface area contributed by atoms with Crippen molar-refractivity contribution in [2.24, 2.45) is 0 Å². The van der Waals surface area contributed by atoms with Crippen LogP contribution in [0.25, 0.3) is 0 Å². The maximum atomic E-state index is 13.2. The Morgan fingerprint density at radius 1 is 1.03 bits per heavy atom. The van der Waals surface area contributed by atoms with Crippen LogP contribution in [0.2, 0.25) is 10.0 Å². The van der Waals surface area contributed by atoms with Crippen LogP contribution in [0.5, 0.6) is 11.5 Å². The zero-order valence-electron chi connectivity index (χ0n) is 17.7. The van der Waals surface area contributed by atoms with E-state index in [2.05, 4.69) is 4.90 Å². The van der Waals surface area contributed by atoms with Gasteiger partial charge in [0.05, 0.1) is 36.7 Å². The second-order valence-electron chi connectivity index (χ2n) is 7.57. The Morgan fingerprint density at radius 2 is 1.73 bits per heavy atom. The van der Waals surface area contributed by atoms with E-state index in [4.69, 9.17) is 32.7 Å². The van der Waals surface area contributed by atoms with Gasteiger partial charge >= 0.3 is 0 Å². The van der Waals surface area contributed by atoms with E-state index in [1.54, 1.807) is 26.4 Å². The van der Waals surface area contributed by atoms with Gasteiger partial charge in [-0.2, -0.15) is 0 Å². The number of methoxy groups -OCH3 is 2. The van der Waals surface area contributed by atoms with Crippen LogP contribution in [-0.4, -0.2) is 56.6 Å². The normalized spacial score (nSPS) is 15.1. The van der Waals surface area contributed by atoms with Crippen molar-refractivity contribution in [2.45, 2.75) is 25.3 Å². The summed E-state index contributed by atoms with van der Waals surface area (Å²) in [6.07, 6.45) is 2.65. The Bertz CT molecular complexity index is 885. The first-order valence-corrected chi connectivity index (χ1v) is 10.8. The molecule has 0 spiro atoms. The first-order chi connectivity index (χ1) is 14.4. The lowest BCUT2D eigenvalue weighted by Gasteiger charge is -2.32. The number of rotatable bonds is 8. The number of amides is 1. The minimum absolute atomic E-state index is 0.0207. The highest BCUT2D eigenvalue weighted by Crippen LogP contribution is 2.33.